The van der Waals surface area contributed by atoms with Crippen molar-refractivity contribution in [3.8, 4) is 0 Å². The van der Waals surface area contributed by atoms with E-state index in [2.05, 4.69) is 17.0 Å². The van der Waals surface area contributed by atoms with Crippen LogP contribution in [-0.4, -0.2) is 38.0 Å². The van der Waals surface area contributed by atoms with E-state index < -0.39 is 0 Å². The van der Waals surface area contributed by atoms with Gasteiger partial charge in [0.1, 0.15) is 0 Å². The number of nitrogens with zero attached hydrogens (tertiary/aromatic N) is 1. The molecule has 1 aliphatic heterocycles. The average Bonchev–Trinajstić information content (AvgIpc) is 2.55. The molecule has 0 unspecified atom stereocenters. The maximum atomic E-state index is 11.4. The summed E-state index contributed by atoms with van der Waals surface area (Å²) in [5.41, 5.74) is 2.08. The van der Waals surface area contributed by atoms with Crippen LogP contribution in [0.3, 0.4) is 0 Å². The highest BCUT2D eigenvalue weighted by atomic mass is 16.1. The van der Waals surface area contributed by atoms with Gasteiger partial charge < -0.3 is 9.80 Å². The highest BCUT2D eigenvalue weighted by molar-refractivity contribution is 5.94. The van der Waals surface area contributed by atoms with E-state index in [0.717, 1.165) is 24.7 Å². The average molecular weight is 315 g/mol. The normalized spacial score (nSPS) is 21.7. The largest absolute Gasteiger partial charge is 0.360 e. The Balaban J connectivity index is 1.54. The molecule has 3 heteroatoms. The first kappa shape index (κ1) is 16.5. The molecule has 0 amide bonds. The molecule has 0 aromatic heterocycles. The molecule has 1 aliphatic carbocycles. The van der Waals surface area contributed by atoms with Gasteiger partial charge in [-0.2, -0.15) is 0 Å². The second kappa shape index (κ2) is 7.96. The third-order valence-corrected chi connectivity index (χ3v) is 5.73. The summed E-state index contributed by atoms with van der Waals surface area (Å²) in [7, 11) is 0. The van der Waals surface area contributed by atoms with Crippen molar-refractivity contribution in [1.29, 1.82) is 0 Å². The number of carbonyl (C=O) groups is 1. The number of piperazine rings is 1. The van der Waals surface area contributed by atoms with Crippen molar-refractivity contribution in [3.05, 3.63) is 29.8 Å². The first-order valence-corrected chi connectivity index (χ1v) is 9.44. The Morgan fingerprint density at radius 3 is 2.09 bits per heavy atom. The Morgan fingerprint density at radius 2 is 1.52 bits per heavy atom. The van der Waals surface area contributed by atoms with Gasteiger partial charge >= 0.3 is 0 Å². The van der Waals surface area contributed by atoms with Gasteiger partial charge in [-0.15, -0.1) is 0 Å². The van der Waals surface area contributed by atoms with Gasteiger partial charge in [-0.3, -0.25) is 4.79 Å². The number of hydrogen-bond donors (Lipinski definition) is 1. The summed E-state index contributed by atoms with van der Waals surface area (Å²) in [5.74, 6) is 0.148. The third kappa shape index (κ3) is 4.35. The quantitative estimate of drug-likeness (QED) is 0.868. The summed E-state index contributed by atoms with van der Waals surface area (Å²) in [6.07, 6.45) is 10.1. The summed E-state index contributed by atoms with van der Waals surface area (Å²) >= 11 is 0. The molecule has 0 atom stereocenters. The smallest absolute Gasteiger partial charge is 0.159 e. The summed E-state index contributed by atoms with van der Waals surface area (Å²) < 4.78 is 0. The van der Waals surface area contributed by atoms with E-state index in [0.29, 0.717) is 0 Å². The number of anilines is 1. The minimum Gasteiger partial charge on any atom is -0.360 e. The number of ketones is 1. The van der Waals surface area contributed by atoms with Crippen LogP contribution in [0.5, 0.6) is 0 Å². The van der Waals surface area contributed by atoms with Gasteiger partial charge in [0.2, 0.25) is 0 Å². The zero-order valence-electron chi connectivity index (χ0n) is 14.5. The predicted octanol–water partition coefficient (Wildman–Crippen LogP) is 2.71. The van der Waals surface area contributed by atoms with Gasteiger partial charge in [-0.05, 0) is 56.9 Å². The van der Waals surface area contributed by atoms with Crippen LogP contribution in [0.15, 0.2) is 24.3 Å². The molecule has 1 saturated carbocycles. The zero-order valence-corrected chi connectivity index (χ0v) is 14.5. The van der Waals surface area contributed by atoms with Gasteiger partial charge in [0.25, 0.3) is 0 Å². The van der Waals surface area contributed by atoms with Crippen molar-refractivity contribution in [1.82, 2.24) is 0 Å². The van der Waals surface area contributed by atoms with Crippen LogP contribution >= 0.6 is 0 Å². The van der Waals surface area contributed by atoms with Crippen LogP contribution in [0.25, 0.3) is 0 Å². The first-order chi connectivity index (χ1) is 11.2. The maximum Gasteiger partial charge on any atom is 0.159 e. The zero-order chi connectivity index (χ0) is 16.1. The van der Waals surface area contributed by atoms with Gasteiger partial charge in [0.05, 0.1) is 32.2 Å². The summed E-state index contributed by atoms with van der Waals surface area (Å²) in [5, 5.41) is 0. The topological polar surface area (TPSA) is 24.8 Å². The van der Waals surface area contributed by atoms with E-state index in [1.165, 1.54) is 63.7 Å². The van der Waals surface area contributed by atoms with E-state index in [4.69, 9.17) is 0 Å². The van der Waals surface area contributed by atoms with Crippen molar-refractivity contribution < 1.29 is 9.69 Å². The van der Waals surface area contributed by atoms with E-state index in [1.807, 2.05) is 17.0 Å². The Hall–Kier alpha value is -1.35. The summed E-state index contributed by atoms with van der Waals surface area (Å²) in [6.45, 7) is 6.45. The van der Waals surface area contributed by atoms with Gasteiger partial charge in [0.15, 0.2) is 5.78 Å². The lowest BCUT2D eigenvalue weighted by Gasteiger charge is -2.38. The Bertz CT molecular complexity index is 495. The molecule has 3 nitrogen and oxygen atoms in total. The monoisotopic (exact) mass is 315 g/mol. The molecular formula is C20H31N2O+. The molecule has 0 bridgehead atoms. The minimum absolute atomic E-state index is 0.148. The molecule has 1 aromatic carbocycles. The summed E-state index contributed by atoms with van der Waals surface area (Å²) in [4.78, 5) is 15.7. The highest BCUT2D eigenvalue weighted by Gasteiger charge is 2.27. The lowest BCUT2D eigenvalue weighted by Crippen LogP contribution is -3.18. The number of carbonyl (C=O) groups excluding carboxylic acids is 1. The Morgan fingerprint density at radius 1 is 0.957 bits per heavy atom. The SMILES string of the molecule is CC(=O)c1ccc(N2CC[NH+](C3CCCCCCC3)CC2)cc1. The third-order valence-electron chi connectivity index (χ3n) is 5.73. The fourth-order valence-electron chi connectivity index (χ4n) is 4.23. The van der Waals surface area contributed by atoms with E-state index in [9.17, 15) is 4.79 Å². The van der Waals surface area contributed by atoms with E-state index in [-0.39, 0.29) is 5.78 Å². The van der Waals surface area contributed by atoms with Gasteiger partial charge in [0, 0.05) is 11.3 Å². The molecule has 1 saturated heterocycles. The summed E-state index contributed by atoms with van der Waals surface area (Å²) in [6, 6.07) is 9.05. The predicted molar refractivity (Wildman–Crippen MR) is 95.5 cm³/mol. The fraction of sp³-hybridized carbons (Fsp3) is 0.650. The Kier molecular flexibility index (Phi) is 5.71. The molecule has 1 heterocycles. The molecular weight excluding hydrogens is 284 g/mol. The molecule has 3 rings (SSSR count). The maximum absolute atomic E-state index is 11.4. The number of benzene rings is 1. The van der Waals surface area contributed by atoms with Crippen LogP contribution in [0.4, 0.5) is 5.69 Å². The molecule has 2 fully saturated rings. The van der Waals surface area contributed by atoms with Crippen LogP contribution in [0, 0.1) is 0 Å². The fourth-order valence-corrected chi connectivity index (χ4v) is 4.23. The molecule has 0 spiro atoms. The minimum atomic E-state index is 0.148. The lowest BCUT2D eigenvalue weighted by atomic mass is 9.95. The van der Waals surface area contributed by atoms with Gasteiger partial charge in [-0.25, -0.2) is 0 Å². The molecule has 23 heavy (non-hydrogen) atoms. The molecule has 2 aliphatic rings. The molecule has 0 radical (unpaired) electrons. The molecule has 1 aromatic rings. The van der Waals surface area contributed by atoms with Crippen LogP contribution in [-0.2, 0) is 0 Å². The van der Waals surface area contributed by atoms with Crippen molar-refractivity contribution >= 4 is 11.5 Å². The van der Waals surface area contributed by atoms with Gasteiger partial charge in [-0.1, -0.05) is 19.3 Å². The van der Waals surface area contributed by atoms with Crippen LogP contribution in [0.2, 0.25) is 0 Å². The number of rotatable bonds is 3. The van der Waals surface area contributed by atoms with Crippen molar-refractivity contribution in [2.45, 2.75) is 57.9 Å². The number of hydrogen-bond acceptors (Lipinski definition) is 2. The van der Waals surface area contributed by atoms with Crippen LogP contribution in [0.1, 0.15) is 62.2 Å². The number of nitrogens with one attached hydrogen (secondary N) is 1. The van der Waals surface area contributed by atoms with Crippen molar-refractivity contribution in [3.63, 3.8) is 0 Å². The van der Waals surface area contributed by atoms with Crippen LogP contribution < -0.4 is 9.80 Å². The van der Waals surface area contributed by atoms with Crippen molar-refractivity contribution in [2.24, 2.45) is 0 Å². The second-order valence-electron chi connectivity index (χ2n) is 7.29. The lowest BCUT2D eigenvalue weighted by molar-refractivity contribution is -0.926. The number of Topliss-reactive ketones (excluding diaryl/α,β-unsaturated/α-hetero) is 1. The highest BCUT2D eigenvalue weighted by Crippen LogP contribution is 2.18. The van der Waals surface area contributed by atoms with E-state index in [1.54, 1.807) is 6.92 Å². The molecule has 1 N–H and O–H groups in total. The first-order valence-electron chi connectivity index (χ1n) is 9.44. The van der Waals surface area contributed by atoms with E-state index >= 15 is 0 Å². The second-order valence-corrected chi connectivity index (χ2v) is 7.29. The standard InChI is InChI=1S/C20H30N2O/c1-17(23)18-9-11-20(12-10-18)22-15-13-21(14-16-22)19-7-5-3-2-4-6-8-19/h9-12,19H,2-8,13-16H2,1H3/p+1. The molecule has 126 valence electrons. The Labute approximate surface area is 140 Å². The van der Waals surface area contributed by atoms with Crippen molar-refractivity contribution in [2.75, 3.05) is 31.1 Å². The number of quaternary nitrogens is 1.